The molecule has 3 atom stereocenters. The van der Waals surface area contributed by atoms with Crippen LogP contribution in [0.4, 0.5) is 0 Å². The standard InChI is InChI=1S/C25H37N3O4S2/c1-4-26-25(32)23(30)20(16-18-10-6-5-7-11-18)27-24(31)22(17(2)3)28-21(29)13-9-8-12-19-14-15-33-34-19/h5-7,10-11,17,19-20,22H,4,8-9,12-16H2,1-3H3,(H,26,32)(H,27,31)(H,28,29). The van der Waals surface area contributed by atoms with Gasteiger partial charge < -0.3 is 16.0 Å². The number of rotatable bonds is 14. The van der Waals surface area contributed by atoms with Crippen molar-refractivity contribution in [2.45, 2.75) is 76.6 Å². The maximum absolute atomic E-state index is 13.1. The second kappa shape index (κ2) is 15.1. The van der Waals surface area contributed by atoms with Crippen molar-refractivity contribution >= 4 is 45.1 Å². The zero-order valence-corrected chi connectivity index (χ0v) is 21.9. The molecule has 2 rings (SSSR count). The Kier molecular flexibility index (Phi) is 12.5. The lowest BCUT2D eigenvalue weighted by Gasteiger charge is -2.25. The Balaban J connectivity index is 1.95. The molecule has 3 N–H and O–H groups in total. The zero-order valence-electron chi connectivity index (χ0n) is 20.3. The summed E-state index contributed by atoms with van der Waals surface area (Å²) in [7, 11) is 3.86. The fourth-order valence-corrected chi connectivity index (χ4v) is 6.76. The van der Waals surface area contributed by atoms with Gasteiger partial charge in [-0.25, -0.2) is 0 Å². The highest BCUT2D eigenvalue weighted by Crippen LogP contribution is 2.39. The summed E-state index contributed by atoms with van der Waals surface area (Å²) in [6.45, 7) is 5.74. The monoisotopic (exact) mass is 507 g/mol. The van der Waals surface area contributed by atoms with Crippen LogP contribution in [0.1, 0.15) is 58.4 Å². The van der Waals surface area contributed by atoms with Crippen LogP contribution in [-0.2, 0) is 25.6 Å². The Bertz CT molecular complexity index is 814. The Morgan fingerprint density at radius 2 is 1.79 bits per heavy atom. The second-order valence-electron chi connectivity index (χ2n) is 8.84. The fourth-order valence-electron chi connectivity index (χ4n) is 3.73. The highest BCUT2D eigenvalue weighted by Gasteiger charge is 2.31. The van der Waals surface area contributed by atoms with E-state index in [-0.39, 0.29) is 18.2 Å². The van der Waals surface area contributed by atoms with Gasteiger partial charge in [0.2, 0.25) is 17.6 Å². The first kappa shape index (κ1) is 28.2. The van der Waals surface area contributed by atoms with E-state index in [1.54, 1.807) is 6.92 Å². The first-order chi connectivity index (χ1) is 16.3. The molecule has 188 valence electrons. The normalized spacial score (nSPS) is 17.1. The molecule has 0 bridgehead atoms. The van der Waals surface area contributed by atoms with Crippen molar-refractivity contribution in [2.24, 2.45) is 5.92 Å². The van der Waals surface area contributed by atoms with E-state index in [9.17, 15) is 19.2 Å². The minimum atomic E-state index is -1.01. The number of ketones is 1. The van der Waals surface area contributed by atoms with E-state index < -0.39 is 29.7 Å². The topological polar surface area (TPSA) is 104 Å². The van der Waals surface area contributed by atoms with Gasteiger partial charge in [0.15, 0.2) is 0 Å². The molecule has 1 aromatic rings. The molecule has 9 heteroatoms. The highest BCUT2D eigenvalue weighted by atomic mass is 33.1. The zero-order chi connectivity index (χ0) is 24.9. The predicted molar refractivity (Wildman–Crippen MR) is 139 cm³/mol. The number of unbranched alkanes of at least 4 members (excludes halogenated alkanes) is 1. The van der Waals surface area contributed by atoms with Gasteiger partial charge in [-0.1, -0.05) is 72.2 Å². The maximum Gasteiger partial charge on any atom is 0.289 e. The van der Waals surface area contributed by atoms with Crippen LogP contribution in [0, 0.1) is 5.92 Å². The van der Waals surface area contributed by atoms with Gasteiger partial charge in [0.25, 0.3) is 5.91 Å². The number of carbonyl (C=O) groups is 4. The van der Waals surface area contributed by atoms with Gasteiger partial charge in [0, 0.05) is 30.4 Å². The smallest absolute Gasteiger partial charge is 0.289 e. The number of nitrogens with one attached hydrogen (secondary N) is 3. The van der Waals surface area contributed by atoms with E-state index in [1.807, 2.05) is 65.8 Å². The fraction of sp³-hybridized carbons (Fsp3) is 0.600. The van der Waals surface area contributed by atoms with Gasteiger partial charge in [0.05, 0.1) is 0 Å². The number of hydrogen-bond donors (Lipinski definition) is 3. The van der Waals surface area contributed by atoms with Crippen molar-refractivity contribution in [2.75, 3.05) is 12.3 Å². The number of benzene rings is 1. The Morgan fingerprint density at radius 1 is 1.06 bits per heavy atom. The van der Waals surface area contributed by atoms with E-state index in [1.165, 1.54) is 12.2 Å². The van der Waals surface area contributed by atoms with Crippen LogP contribution in [0.25, 0.3) is 0 Å². The van der Waals surface area contributed by atoms with Gasteiger partial charge in [0.1, 0.15) is 12.1 Å². The largest absolute Gasteiger partial charge is 0.350 e. The van der Waals surface area contributed by atoms with Crippen molar-refractivity contribution in [1.82, 2.24) is 16.0 Å². The summed E-state index contributed by atoms with van der Waals surface area (Å²) in [6.07, 6.45) is 4.68. The minimum absolute atomic E-state index is 0.169. The molecule has 1 aromatic carbocycles. The van der Waals surface area contributed by atoms with Gasteiger partial charge in [-0.15, -0.1) is 0 Å². The molecule has 1 aliphatic heterocycles. The van der Waals surface area contributed by atoms with Crippen molar-refractivity contribution in [3.63, 3.8) is 0 Å². The van der Waals surface area contributed by atoms with E-state index >= 15 is 0 Å². The van der Waals surface area contributed by atoms with Crippen LogP contribution < -0.4 is 16.0 Å². The molecule has 0 saturated carbocycles. The third-order valence-electron chi connectivity index (χ3n) is 5.65. The van der Waals surface area contributed by atoms with Crippen LogP contribution >= 0.6 is 21.6 Å². The lowest BCUT2D eigenvalue weighted by Crippen LogP contribution is -2.56. The summed E-state index contributed by atoms with van der Waals surface area (Å²) >= 11 is 0. The second-order valence-corrected chi connectivity index (χ2v) is 11.6. The van der Waals surface area contributed by atoms with E-state index in [0.717, 1.165) is 24.8 Å². The van der Waals surface area contributed by atoms with Crippen molar-refractivity contribution in [3.8, 4) is 0 Å². The number of carbonyl (C=O) groups excluding carboxylic acids is 4. The number of hydrogen-bond acceptors (Lipinski definition) is 6. The molecule has 0 aliphatic carbocycles. The summed E-state index contributed by atoms with van der Waals surface area (Å²) in [5, 5.41) is 8.75. The number of Topliss-reactive ketones (excluding diaryl/α,β-unsaturated/α-hetero) is 1. The van der Waals surface area contributed by atoms with Crippen molar-refractivity contribution in [1.29, 1.82) is 0 Å². The van der Waals surface area contributed by atoms with Gasteiger partial charge >= 0.3 is 0 Å². The molecule has 3 unspecified atom stereocenters. The SMILES string of the molecule is CCNC(=O)C(=O)C(Cc1ccccc1)NC(=O)C(NC(=O)CCCCC1CCSS1)C(C)C. The van der Waals surface area contributed by atoms with Crippen LogP contribution in [0.15, 0.2) is 30.3 Å². The molecule has 1 heterocycles. The molecule has 1 aliphatic rings. The summed E-state index contributed by atoms with van der Waals surface area (Å²) in [5.74, 6) is -1.02. The van der Waals surface area contributed by atoms with E-state index in [4.69, 9.17) is 0 Å². The average Bonchev–Trinajstić information content (AvgIpc) is 3.33. The summed E-state index contributed by atoms with van der Waals surface area (Å²) < 4.78 is 0. The first-order valence-corrected chi connectivity index (χ1v) is 14.4. The molecule has 34 heavy (non-hydrogen) atoms. The third-order valence-corrected chi connectivity index (χ3v) is 8.66. The molecule has 3 amide bonds. The molecule has 1 saturated heterocycles. The molecule has 0 spiro atoms. The summed E-state index contributed by atoms with van der Waals surface area (Å²) in [6, 6.07) is 7.43. The minimum Gasteiger partial charge on any atom is -0.350 e. The van der Waals surface area contributed by atoms with Gasteiger partial charge in [-0.05, 0) is 37.7 Å². The van der Waals surface area contributed by atoms with Crippen LogP contribution in [0.2, 0.25) is 0 Å². The van der Waals surface area contributed by atoms with Crippen LogP contribution in [0.3, 0.4) is 0 Å². The van der Waals surface area contributed by atoms with Gasteiger partial charge in [-0.2, -0.15) is 0 Å². The van der Waals surface area contributed by atoms with E-state index in [0.29, 0.717) is 18.2 Å². The molecular weight excluding hydrogens is 470 g/mol. The highest BCUT2D eigenvalue weighted by molar-refractivity contribution is 8.77. The Hall–Kier alpha value is -2.00. The summed E-state index contributed by atoms with van der Waals surface area (Å²) in [4.78, 5) is 50.6. The third kappa shape index (κ3) is 9.70. The lowest BCUT2D eigenvalue weighted by atomic mass is 9.98. The van der Waals surface area contributed by atoms with E-state index in [2.05, 4.69) is 16.0 Å². The molecule has 1 fully saturated rings. The van der Waals surface area contributed by atoms with Crippen LogP contribution in [-0.4, -0.2) is 53.1 Å². The molecule has 0 radical (unpaired) electrons. The Labute approximate surface area is 210 Å². The Morgan fingerprint density at radius 3 is 2.41 bits per heavy atom. The average molecular weight is 508 g/mol. The predicted octanol–water partition coefficient (Wildman–Crippen LogP) is 3.27. The number of amides is 3. The van der Waals surface area contributed by atoms with Gasteiger partial charge in [-0.3, -0.25) is 19.2 Å². The molecule has 7 nitrogen and oxygen atoms in total. The van der Waals surface area contributed by atoms with Crippen LogP contribution in [0.5, 0.6) is 0 Å². The first-order valence-electron chi connectivity index (χ1n) is 12.1. The maximum atomic E-state index is 13.1. The molecule has 0 aromatic heterocycles. The number of likely N-dealkylation sites (N-methyl/N-ethyl adjacent to an activating group) is 1. The quantitative estimate of drug-likeness (QED) is 0.203. The summed E-state index contributed by atoms with van der Waals surface area (Å²) in [5.41, 5.74) is 0.828. The van der Waals surface area contributed by atoms with Crippen molar-refractivity contribution in [3.05, 3.63) is 35.9 Å². The van der Waals surface area contributed by atoms with Crippen molar-refractivity contribution < 1.29 is 19.2 Å². The molecular formula is C25H37N3O4S2. The lowest BCUT2D eigenvalue weighted by molar-refractivity contribution is -0.140.